The number of rotatable bonds is 5. The van der Waals surface area contributed by atoms with Crippen LogP contribution in [0.25, 0.3) is 0 Å². The van der Waals surface area contributed by atoms with E-state index in [4.69, 9.17) is 4.74 Å². The first-order chi connectivity index (χ1) is 10.1. The van der Waals surface area contributed by atoms with Gasteiger partial charge in [0.25, 0.3) is 0 Å². The molecular formula is C15H19FN2O3. The van der Waals surface area contributed by atoms with E-state index in [-0.39, 0.29) is 17.1 Å². The Kier molecular flexibility index (Phi) is 3.69. The first kappa shape index (κ1) is 14.1. The normalized spacial score (nSPS) is 26.9. The second-order valence-corrected chi connectivity index (χ2v) is 6.08. The summed E-state index contributed by atoms with van der Waals surface area (Å²) in [5.74, 6) is 1.66. The SMILES string of the molecule is COc1cc(NCC2CC3CCC2C3)c(F)cc1[N+](=O)[O-]. The fourth-order valence-corrected chi connectivity index (χ4v) is 3.85. The standard InChI is InChI=1S/C15H19FN2O3/c1-21-15-7-13(12(16)6-14(15)18(19)20)17-8-11-5-9-2-3-10(11)4-9/h6-7,9-11,17H,2-5,8H2,1H3. The van der Waals surface area contributed by atoms with E-state index in [0.717, 1.165) is 24.4 Å². The van der Waals surface area contributed by atoms with Crippen molar-refractivity contribution in [2.24, 2.45) is 17.8 Å². The molecule has 0 heterocycles. The van der Waals surface area contributed by atoms with Gasteiger partial charge in [-0.15, -0.1) is 0 Å². The molecule has 2 saturated carbocycles. The van der Waals surface area contributed by atoms with Crippen LogP contribution in [0.5, 0.6) is 5.75 Å². The number of hydrogen-bond acceptors (Lipinski definition) is 4. The summed E-state index contributed by atoms with van der Waals surface area (Å²) in [6.07, 6.45) is 5.13. The zero-order chi connectivity index (χ0) is 15.0. The van der Waals surface area contributed by atoms with Crippen LogP contribution in [-0.4, -0.2) is 18.6 Å². The molecule has 0 aromatic heterocycles. The van der Waals surface area contributed by atoms with Gasteiger partial charge in [-0.25, -0.2) is 4.39 Å². The third-order valence-electron chi connectivity index (χ3n) is 4.90. The minimum absolute atomic E-state index is 0.0804. The van der Waals surface area contributed by atoms with Gasteiger partial charge >= 0.3 is 5.69 Å². The lowest BCUT2D eigenvalue weighted by atomic mass is 9.89. The smallest absolute Gasteiger partial charge is 0.313 e. The van der Waals surface area contributed by atoms with Crippen molar-refractivity contribution in [3.05, 3.63) is 28.1 Å². The second-order valence-electron chi connectivity index (χ2n) is 6.08. The quantitative estimate of drug-likeness (QED) is 0.666. The summed E-state index contributed by atoms with van der Waals surface area (Å²) in [5, 5.41) is 13.9. The Balaban J connectivity index is 1.71. The molecule has 0 saturated heterocycles. The van der Waals surface area contributed by atoms with Crippen molar-refractivity contribution in [3.63, 3.8) is 0 Å². The molecule has 3 rings (SSSR count). The Labute approximate surface area is 122 Å². The molecule has 21 heavy (non-hydrogen) atoms. The van der Waals surface area contributed by atoms with Crippen molar-refractivity contribution in [1.82, 2.24) is 0 Å². The van der Waals surface area contributed by atoms with Gasteiger partial charge in [0, 0.05) is 12.6 Å². The van der Waals surface area contributed by atoms with E-state index in [9.17, 15) is 14.5 Å². The zero-order valence-corrected chi connectivity index (χ0v) is 12.0. The molecule has 2 bridgehead atoms. The average molecular weight is 294 g/mol. The molecule has 3 unspecified atom stereocenters. The summed E-state index contributed by atoms with van der Waals surface area (Å²) in [7, 11) is 1.35. The van der Waals surface area contributed by atoms with Crippen LogP contribution in [0.15, 0.2) is 12.1 Å². The number of benzene rings is 1. The maximum absolute atomic E-state index is 14.0. The zero-order valence-electron chi connectivity index (χ0n) is 12.0. The summed E-state index contributed by atoms with van der Waals surface area (Å²) >= 11 is 0. The molecule has 0 aliphatic heterocycles. The van der Waals surface area contributed by atoms with Crippen molar-refractivity contribution in [2.75, 3.05) is 19.0 Å². The van der Waals surface area contributed by atoms with Crippen LogP contribution in [0.1, 0.15) is 25.7 Å². The van der Waals surface area contributed by atoms with Gasteiger partial charge in [-0.1, -0.05) is 6.42 Å². The number of halogens is 1. The maximum Gasteiger partial charge on any atom is 0.313 e. The molecule has 2 fully saturated rings. The van der Waals surface area contributed by atoms with Gasteiger partial charge in [0.15, 0.2) is 11.6 Å². The van der Waals surface area contributed by atoms with E-state index in [1.54, 1.807) is 0 Å². The van der Waals surface area contributed by atoms with Crippen LogP contribution >= 0.6 is 0 Å². The lowest BCUT2D eigenvalue weighted by Gasteiger charge is -2.22. The number of ether oxygens (including phenoxy) is 1. The molecular weight excluding hydrogens is 275 g/mol. The molecule has 5 nitrogen and oxygen atoms in total. The van der Waals surface area contributed by atoms with E-state index < -0.39 is 10.7 Å². The Morgan fingerprint density at radius 2 is 2.24 bits per heavy atom. The predicted octanol–water partition coefficient (Wildman–Crippen LogP) is 3.59. The van der Waals surface area contributed by atoms with Crippen LogP contribution in [0.4, 0.5) is 15.8 Å². The number of fused-ring (bicyclic) bond motifs is 2. The molecule has 1 aromatic carbocycles. The molecule has 2 aliphatic carbocycles. The number of hydrogen-bond donors (Lipinski definition) is 1. The van der Waals surface area contributed by atoms with Gasteiger partial charge in [0.05, 0.1) is 23.8 Å². The van der Waals surface area contributed by atoms with Crippen molar-refractivity contribution in [1.29, 1.82) is 0 Å². The lowest BCUT2D eigenvalue weighted by Crippen LogP contribution is -2.20. The minimum atomic E-state index is -0.637. The number of nitro benzene ring substituents is 1. The fraction of sp³-hybridized carbons (Fsp3) is 0.600. The summed E-state index contributed by atoms with van der Waals surface area (Å²) in [4.78, 5) is 10.2. The molecule has 6 heteroatoms. The monoisotopic (exact) mass is 294 g/mol. The second kappa shape index (κ2) is 5.50. The van der Waals surface area contributed by atoms with Crippen LogP contribution in [0.2, 0.25) is 0 Å². The first-order valence-electron chi connectivity index (χ1n) is 7.34. The molecule has 1 N–H and O–H groups in total. The number of anilines is 1. The molecule has 1 aromatic rings. The molecule has 114 valence electrons. The fourth-order valence-electron chi connectivity index (χ4n) is 3.85. The number of nitrogens with one attached hydrogen (secondary N) is 1. The van der Waals surface area contributed by atoms with E-state index >= 15 is 0 Å². The van der Waals surface area contributed by atoms with Gasteiger partial charge in [-0.3, -0.25) is 10.1 Å². The third kappa shape index (κ3) is 2.66. The number of nitro groups is 1. The first-order valence-corrected chi connectivity index (χ1v) is 7.34. The van der Waals surface area contributed by atoms with Gasteiger partial charge in [-0.05, 0) is 37.0 Å². The highest BCUT2D eigenvalue weighted by Gasteiger charge is 2.39. The van der Waals surface area contributed by atoms with Crippen LogP contribution < -0.4 is 10.1 Å². The Morgan fingerprint density at radius 3 is 2.81 bits per heavy atom. The Bertz CT molecular complexity index is 564. The van der Waals surface area contributed by atoms with Crippen LogP contribution in [0, 0.1) is 33.7 Å². The molecule has 3 atom stereocenters. The average Bonchev–Trinajstić information content (AvgIpc) is 3.08. The van der Waals surface area contributed by atoms with E-state index in [1.165, 1.54) is 38.9 Å². The largest absolute Gasteiger partial charge is 0.490 e. The van der Waals surface area contributed by atoms with E-state index in [0.29, 0.717) is 5.92 Å². The van der Waals surface area contributed by atoms with Crippen molar-refractivity contribution in [3.8, 4) is 5.75 Å². The highest BCUT2D eigenvalue weighted by atomic mass is 19.1. The van der Waals surface area contributed by atoms with Crippen LogP contribution in [-0.2, 0) is 0 Å². The Hall–Kier alpha value is -1.85. The minimum Gasteiger partial charge on any atom is -0.490 e. The van der Waals surface area contributed by atoms with E-state index in [1.807, 2.05) is 0 Å². The number of methoxy groups -OCH3 is 1. The highest BCUT2D eigenvalue weighted by molar-refractivity contribution is 5.59. The molecule has 0 spiro atoms. The molecule has 0 radical (unpaired) electrons. The molecule has 2 aliphatic rings. The van der Waals surface area contributed by atoms with Crippen molar-refractivity contribution in [2.45, 2.75) is 25.7 Å². The van der Waals surface area contributed by atoms with Crippen LogP contribution in [0.3, 0.4) is 0 Å². The van der Waals surface area contributed by atoms with Crippen molar-refractivity contribution < 1.29 is 14.1 Å². The molecule has 0 amide bonds. The van der Waals surface area contributed by atoms with Gasteiger partial charge < -0.3 is 10.1 Å². The Morgan fingerprint density at radius 1 is 1.43 bits per heavy atom. The summed E-state index contributed by atoms with van der Waals surface area (Å²) in [5.41, 5.74) is -0.0688. The maximum atomic E-state index is 14.0. The topological polar surface area (TPSA) is 64.4 Å². The predicted molar refractivity (Wildman–Crippen MR) is 77.0 cm³/mol. The van der Waals surface area contributed by atoms with Gasteiger partial charge in [0.2, 0.25) is 0 Å². The highest BCUT2D eigenvalue weighted by Crippen LogP contribution is 2.48. The third-order valence-corrected chi connectivity index (χ3v) is 4.90. The van der Waals surface area contributed by atoms with Gasteiger partial charge in [0.1, 0.15) is 0 Å². The number of nitrogens with zero attached hydrogens (tertiary/aromatic N) is 1. The summed E-state index contributed by atoms with van der Waals surface area (Å²) in [6, 6.07) is 2.29. The summed E-state index contributed by atoms with van der Waals surface area (Å²) < 4.78 is 18.9. The van der Waals surface area contributed by atoms with Gasteiger partial charge in [-0.2, -0.15) is 0 Å². The van der Waals surface area contributed by atoms with Crippen molar-refractivity contribution >= 4 is 11.4 Å². The summed E-state index contributed by atoms with van der Waals surface area (Å²) in [6.45, 7) is 0.721. The lowest BCUT2D eigenvalue weighted by molar-refractivity contribution is -0.385. The van der Waals surface area contributed by atoms with E-state index in [2.05, 4.69) is 5.32 Å².